The minimum atomic E-state index is -3.42. The molecular formula is C17H24N4O2S. The molecule has 1 aromatic heterocycles. The summed E-state index contributed by atoms with van der Waals surface area (Å²) in [5.74, 6) is 1.42. The molecule has 0 aliphatic heterocycles. The van der Waals surface area contributed by atoms with Crippen molar-refractivity contribution in [1.29, 1.82) is 0 Å². The first kappa shape index (κ1) is 18.2. The summed E-state index contributed by atoms with van der Waals surface area (Å²) < 4.78 is 26.7. The highest BCUT2D eigenvalue weighted by Crippen LogP contribution is 2.10. The minimum Gasteiger partial charge on any atom is -0.368 e. The van der Waals surface area contributed by atoms with Crippen molar-refractivity contribution >= 4 is 21.7 Å². The molecule has 130 valence electrons. The van der Waals surface area contributed by atoms with Crippen LogP contribution in [0.2, 0.25) is 0 Å². The summed E-state index contributed by atoms with van der Waals surface area (Å²) >= 11 is 0. The molecule has 24 heavy (non-hydrogen) atoms. The van der Waals surface area contributed by atoms with Gasteiger partial charge in [-0.3, -0.25) is 4.72 Å². The van der Waals surface area contributed by atoms with E-state index < -0.39 is 10.0 Å². The zero-order valence-electron chi connectivity index (χ0n) is 14.1. The number of aromatic nitrogens is 2. The summed E-state index contributed by atoms with van der Waals surface area (Å²) in [5, 5.41) is 11.0. The van der Waals surface area contributed by atoms with Gasteiger partial charge in [0.2, 0.25) is 10.0 Å². The Morgan fingerprint density at radius 2 is 1.67 bits per heavy atom. The summed E-state index contributed by atoms with van der Waals surface area (Å²) in [6, 6.07) is 13.2. The molecule has 1 aromatic carbocycles. The van der Waals surface area contributed by atoms with Crippen LogP contribution in [0.5, 0.6) is 0 Å². The number of aryl methyl sites for hydroxylation is 1. The van der Waals surface area contributed by atoms with E-state index in [4.69, 9.17) is 0 Å². The van der Waals surface area contributed by atoms with Crippen molar-refractivity contribution in [2.24, 2.45) is 5.92 Å². The molecule has 0 aliphatic rings. The molecular weight excluding hydrogens is 324 g/mol. The van der Waals surface area contributed by atoms with Gasteiger partial charge in [-0.25, -0.2) is 8.42 Å². The molecule has 0 amide bonds. The summed E-state index contributed by atoms with van der Waals surface area (Å²) in [6.45, 7) is 4.98. The number of benzene rings is 1. The van der Waals surface area contributed by atoms with E-state index in [-0.39, 0.29) is 11.6 Å². The highest BCUT2D eigenvalue weighted by atomic mass is 32.2. The van der Waals surface area contributed by atoms with Crippen molar-refractivity contribution in [2.45, 2.75) is 26.7 Å². The van der Waals surface area contributed by atoms with Crippen LogP contribution in [0.1, 0.15) is 25.8 Å². The standard InChI is InChI=1S/C17H24N4O2S/c1-14(2)13-18-16-10-11-17(20-19-16)21-24(22,23)12-6-9-15-7-4-3-5-8-15/h3-5,7-8,10-11,14H,6,9,12-13H2,1-2H3,(H,18,19)(H,20,21). The first-order valence-corrected chi connectivity index (χ1v) is 9.72. The van der Waals surface area contributed by atoms with Crippen LogP contribution in [0, 0.1) is 5.92 Å². The number of rotatable bonds is 9. The molecule has 0 fully saturated rings. The van der Waals surface area contributed by atoms with Gasteiger partial charge >= 0.3 is 0 Å². The normalized spacial score (nSPS) is 11.5. The molecule has 0 saturated heterocycles. The maximum Gasteiger partial charge on any atom is 0.233 e. The summed E-state index contributed by atoms with van der Waals surface area (Å²) in [5.41, 5.74) is 1.13. The predicted molar refractivity (Wildman–Crippen MR) is 97.5 cm³/mol. The van der Waals surface area contributed by atoms with Gasteiger partial charge in [-0.15, -0.1) is 10.2 Å². The van der Waals surface area contributed by atoms with E-state index in [1.54, 1.807) is 12.1 Å². The Hall–Kier alpha value is -2.15. The van der Waals surface area contributed by atoms with E-state index in [0.717, 1.165) is 18.5 Å². The van der Waals surface area contributed by atoms with Crippen molar-refractivity contribution in [3.05, 3.63) is 48.0 Å². The third-order valence-electron chi connectivity index (χ3n) is 3.34. The number of hydrogen-bond acceptors (Lipinski definition) is 5. The third-order valence-corrected chi connectivity index (χ3v) is 4.68. The summed E-state index contributed by atoms with van der Waals surface area (Å²) in [4.78, 5) is 0. The van der Waals surface area contributed by atoms with Gasteiger partial charge in [0.05, 0.1) is 5.75 Å². The summed E-state index contributed by atoms with van der Waals surface area (Å²) in [7, 11) is -3.42. The van der Waals surface area contributed by atoms with Crippen molar-refractivity contribution in [3.63, 3.8) is 0 Å². The van der Waals surface area contributed by atoms with Crippen LogP contribution in [0.15, 0.2) is 42.5 Å². The molecule has 0 spiro atoms. The number of nitrogens with zero attached hydrogens (tertiary/aromatic N) is 2. The van der Waals surface area contributed by atoms with E-state index >= 15 is 0 Å². The van der Waals surface area contributed by atoms with Crippen LogP contribution in [-0.2, 0) is 16.4 Å². The highest BCUT2D eigenvalue weighted by Gasteiger charge is 2.11. The predicted octanol–water partition coefficient (Wildman–Crippen LogP) is 2.92. The fourth-order valence-electron chi connectivity index (χ4n) is 2.11. The molecule has 0 saturated carbocycles. The topological polar surface area (TPSA) is 84.0 Å². The molecule has 2 aromatic rings. The van der Waals surface area contributed by atoms with E-state index in [9.17, 15) is 8.42 Å². The van der Waals surface area contributed by atoms with Crippen LogP contribution < -0.4 is 10.0 Å². The van der Waals surface area contributed by atoms with Gasteiger partial charge in [0.25, 0.3) is 0 Å². The Morgan fingerprint density at radius 3 is 2.29 bits per heavy atom. The molecule has 0 unspecified atom stereocenters. The Balaban J connectivity index is 1.82. The van der Waals surface area contributed by atoms with Crippen molar-refractivity contribution in [1.82, 2.24) is 10.2 Å². The van der Waals surface area contributed by atoms with Gasteiger partial charge in [-0.1, -0.05) is 44.2 Å². The van der Waals surface area contributed by atoms with E-state index in [2.05, 4.69) is 34.1 Å². The smallest absolute Gasteiger partial charge is 0.233 e. The highest BCUT2D eigenvalue weighted by molar-refractivity contribution is 7.92. The monoisotopic (exact) mass is 348 g/mol. The number of anilines is 2. The van der Waals surface area contributed by atoms with Crippen molar-refractivity contribution in [2.75, 3.05) is 22.3 Å². The number of hydrogen-bond donors (Lipinski definition) is 2. The lowest BCUT2D eigenvalue weighted by Gasteiger charge is -2.09. The lowest BCUT2D eigenvalue weighted by molar-refractivity contribution is 0.598. The minimum absolute atomic E-state index is 0.0525. The quantitative estimate of drug-likeness (QED) is 0.728. The van der Waals surface area contributed by atoms with Crippen LogP contribution in [0.3, 0.4) is 0 Å². The largest absolute Gasteiger partial charge is 0.368 e. The van der Waals surface area contributed by atoms with E-state index in [1.807, 2.05) is 30.3 Å². The molecule has 6 nitrogen and oxygen atoms in total. The first-order valence-electron chi connectivity index (χ1n) is 8.06. The van der Waals surface area contributed by atoms with Crippen molar-refractivity contribution in [3.8, 4) is 0 Å². The van der Waals surface area contributed by atoms with Crippen molar-refractivity contribution < 1.29 is 8.42 Å². The molecule has 7 heteroatoms. The molecule has 2 rings (SSSR count). The second kappa shape index (κ2) is 8.63. The lowest BCUT2D eigenvalue weighted by Crippen LogP contribution is -2.18. The number of sulfonamides is 1. The molecule has 2 N–H and O–H groups in total. The second-order valence-electron chi connectivity index (χ2n) is 6.09. The molecule has 0 aliphatic carbocycles. The van der Waals surface area contributed by atoms with Crippen LogP contribution >= 0.6 is 0 Å². The molecule has 0 bridgehead atoms. The third kappa shape index (κ3) is 6.54. The first-order chi connectivity index (χ1) is 11.4. The fourth-order valence-corrected chi connectivity index (χ4v) is 3.16. The van der Waals surface area contributed by atoms with Crippen LogP contribution in [-0.4, -0.2) is 30.9 Å². The van der Waals surface area contributed by atoms with Gasteiger partial charge in [-0.2, -0.15) is 0 Å². The van der Waals surface area contributed by atoms with E-state index in [1.165, 1.54) is 0 Å². The van der Waals surface area contributed by atoms with Gasteiger partial charge in [0.15, 0.2) is 5.82 Å². The SMILES string of the molecule is CC(C)CNc1ccc(NS(=O)(=O)CCCc2ccccc2)nn1. The maximum atomic E-state index is 12.1. The van der Waals surface area contributed by atoms with Crippen LogP contribution in [0.4, 0.5) is 11.6 Å². The Kier molecular flexibility index (Phi) is 6.54. The van der Waals surface area contributed by atoms with Gasteiger partial charge in [-0.05, 0) is 36.5 Å². The molecule has 0 atom stereocenters. The average molecular weight is 348 g/mol. The second-order valence-corrected chi connectivity index (χ2v) is 7.93. The Labute approximate surface area is 143 Å². The zero-order chi connectivity index (χ0) is 17.4. The zero-order valence-corrected chi connectivity index (χ0v) is 14.9. The lowest BCUT2D eigenvalue weighted by atomic mass is 10.1. The van der Waals surface area contributed by atoms with Gasteiger partial charge in [0.1, 0.15) is 5.82 Å². The molecule has 1 heterocycles. The Bertz CT molecular complexity index is 716. The average Bonchev–Trinajstić information content (AvgIpc) is 2.54. The molecule has 0 radical (unpaired) electrons. The van der Waals surface area contributed by atoms with Crippen LogP contribution in [0.25, 0.3) is 0 Å². The van der Waals surface area contributed by atoms with E-state index in [0.29, 0.717) is 18.2 Å². The number of nitrogens with one attached hydrogen (secondary N) is 2. The Morgan fingerprint density at radius 1 is 1.00 bits per heavy atom. The van der Waals surface area contributed by atoms with Gasteiger partial charge < -0.3 is 5.32 Å². The van der Waals surface area contributed by atoms with Gasteiger partial charge in [0, 0.05) is 6.54 Å². The maximum absolute atomic E-state index is 12.1. The fraction of sp³-hybridized carbons (Fsp3) is 0.412. The summed E-state index contributed by atoms with van der Waals surface area (Å²) in [6.07, 6.45) is 1.28.